The zero-order valence-electron chi connectivity index (χ0n) is 12.6. The Hall–Kier alpha value is -0.170. The molecule has 0 aliphatic carbocycles. The lowest BCUT2D eigenvalue weighted by Crippen LogP contribution is -2.35. The second kappa shape index (κ2) is 7.57. The number of sulfone groups is 1. The Morgan fingerprint density at radius 2 is 1.95 bits per heavy atom. The first-order valence-electron chi connectivity index (χ1n) is 7.01. The topological polar surface area (TPSA) is 58.6 Å². The van der Waals surface area contributed by atoms with E-state index in [1.807, 2.05) is 11.9 Å². The lowest BCUT2D eigenvalue weighted by Gasteiger charge is -2.21. The standard InChI is InChI=1S/C13H28N2O3S/c1-11(2)14-9-12-5-6-13(18-12)10-15(3)7-8-19(4,16)17/h11-14H,5-10H2,1-4H3. The Bertz CT molecular complexity index is 357. The van der Waals surface area contributed by atoms with E-state index in [0.717, 1.165) is 25.9 Å². The highest BCUT2D eigenvalue weighted by molar-refractivity contribution is 7.90. The summed E-state index contributed by atoms with van der Waals surface area (Å²) in [7, 11) is -0.922. The number of hydrogen-bond acceptors (Lipinski definition) is 5. The average Bonchev–Trinajstić information content (AvgIpc) is 2.70. The maximum atomic E-state index is 11.1. The third-order valence-corrected chi connectivity index (χ3v) is 4.23. The van der Waals surface area contributed by atoms with Gasteiger partial charge in [0.2, 0.25) is 0 Å². The molecule has 0 bridgehead atoms. The van der Waals surface area contributed by atoms with E-state index in [2.05, 4.69) is 19.2 Å². The molecule has 2 unspecified atom stereocenters. The van der Waals surface area contributed by atoms with Crippen molar-refractivity contribution in [2.75, 3.05) is 38.7 Å². The minimum atomic E-state index is -2.87. The van der Waals surface area contributed by atoms with Gasteiger partial charge in [0.1, 0.15) is 9.84 Å². The van der Waals surface area contributed by atoms with Crippen LogP contribution in [-0.2, 0) is 14.6 Å². The predicted octanol–water partition coefficient (Wildman–Crippen LogP) is 0.508. The highest BCUT2D eigenvalue weighted by Crippen LogP contribution is 2.19. The number of hydrogen-bond donors (Lipinski definition) is 1. The summed E-state index contributed by atoms with van der Waals surface area (Å²) in [4.78, 5) is 2.05. The van der Waals surface area contributed by atoms with Crippen molar-refractivity contribution >= 4 is 9.84 Å². The normalized spacial score (nSPS) is 24.5. The molecule has 114 valence electrons. The first kappa shape index (κ1) is 16.9. The van der Waals surface area contributed by atoms with E-state index in [1.165, 1.54) is 6.26 Å². The van der Waals surface area contributed by atoms with Crippen LogP contribution in [0.2, 0.25) is 0 Å². The van der Waals surface area contributed by atoms with Crippen molar-refractivity contribution in [3.63, 3.8) is 0 Å². The summed E-state index contributed by atoms with van der Waals surface area (Å²) in [5.41, 5.74) is 0. The minimum absolute atomic E-state index is 0.217. The molecule has 19 heavy (non-hydrogen) atoms. The molecule has 1 aliphatic heterocycles. The molecule has 2 atom stereocenters. The maximum absolute atomic E-state index is 11.1. The van der Waals surface area contributed by atoms with Crippen LogP contribution in [0.3, 0.4) is 0 Å². The summed E-state index contributed by atoms with van der Waals surface area (Å²) >= 11 is 0. The monoisotopic (exact) mass is 292 g/mol. The van der Waals surface area contributed by atoms with Gasteiger partial charge in [0.05, 0.1) is 18.0 Å². The van der Waals surface area contributed by atoms with Gasteiger partial charge in [-0.3, -0.25) is 0 Å². The van der Waals surface area contributed by atoms with E-state index >= 15 is 0 Å². The summed E-state index contributed by atoms with van der Waals surface area (Å²) < 4.78 is 28.2. The number of ether oxygens (including phenoxy) is 1. The summed E-state index contributed by atoms with van der Waals surface area (Å²) in [6, 6.07) is 0.486. The molecule has 1 N–H and O–H groups in total. The molecule has 0 saturated carbocycles. The van der Waals surface area contributed by atoms with Crippen molar-refractivity contribution in [2.24, 2.45) is 0 Å². The minimum Gasteiger partial charge on any atom is -0.372 e. The van der Waals surface area contributed by atoms with Crippen LogP contribution < -0.4 is 5.32 Å². The Kier molecular flexibility index (Phi) is 6.73. The van der Waals surface area contributed by atoms with Crippen molar-refractivity contribution in [3.8, 4) is 0 Å². The van der Waals surface area contributed by atoms with Gasteiger partial charge in [-0.1, -0.05) is 13.8 Å². The second-order valence-corrected chi connectivity index (χ2v) is 8.17. The number of rotatable bonds is 8. The molecule has 0 aromatic heterocycles. The van der Waals surface area contributed by atoms with Crippen LogP contribution in [0, 0.1) is 0 Å². The lowest BCUT2D eigenvalue weighted by atomic mass is 10.2. The van der Waals surface area contributed by atoms with Crippen molar-refractivity contribution in [1.82, 2.24) is 10.2 Å². The van der Waals surface area contributed by atoms with Crippen molar-refractivity contribution in [1.29, 1.82) is 0 Å². The Balaban J connectivity index is 2.20. The average molecular weight is 292 g/mol. The van der Waals surface area contributed by atoms with Crippen LogP contribution in [0.1, 0.15) is 26.7 Å². The van der Waals surface area contributed by atoms with Crippen molar-refractivity contribution in [3.05, 3.63) is 0 Å². The number of likely N-dealkylation sites (N-methyl/N-ethyl adjacent to an activating group) is 1. The fourth-order valence-electron chi connectivity index (χ4n) is 2.19. The van der Waals surface area contributed by atoms with Gasteiger partial charge >= 0.3 is 0 Å². The van der Waals surface area contributed by atoms with Crippen molar-refractivity contribution in [2.45, 2.75) is 44.9 Å². The van der Waals surface area contributed by atoms with E-state index in [1.54, 1.807) is 0 Å². The molecular weight excluding hydrogens is 264 g/mol. The molecular formula is C13H28N2O3S. The first-order chi connectivity index (χ1) is 8.76. The molecule has 0 aromatic carbocycles. The van der Waals surface area contributed by atoms with Crippen LogP contribution in [-0.4, -0.2) is 70.3 Å². The fourth-order valence-corrected chi connectivity index (χ4v) is 2.84. The van der Waals surface area contributed by atoms with E-state index in [-0.39, 0.29) is 11.9 Å². The van der Waals surface area contributed by atoms with Gasteiger partial charge in [0.25, 0.3) is 0 Å². The third-order valence-electron chi connectivity index (χ3n) is 3.31. The summed E-state index contributed by atoms with van der Waals surface area (Å²) in [6.07, 6.45) is 3.97. The summed E-state index contributed by atoms with van der Waals surface area (Å²) in [5, 5.41) is 3.39. The SMILES string of the molecule is CC(C)NCC1CCC(CN(C)CCS(C)(=O)=O)O1. The summed E-state index contributed by atoms with van der Waals surface area (Å²) in [6.45, 7) is 6.55. The Morgan fingerprint density at radius 3 is 2.53 bits per heavy atom. The highest BCUT2D eigenvalue weighted by Gasteiger charge is 2.26. The van der Waals surface area contributed by atoms with Crippen LogP contribution in [0.25, 0.3) is 0 Å². The molecule has 1 aliphatic rings. The van der Waals surface area contributed by atoms with Gasteiger partial charge in [-0.15, -0.1) is 0 Å². The van der Waals surface area contributed by atoms with Gasteiger partial charge in [0, 0.05) is 31.9 Å². The Labute approximate surface area is 117 Å². The second-order valence-electron chi connectivity index (χ2n) is 5.91. The van der Waals surface area contributed by atoms with E-state index in [4.69, 9.17) is 4.74 Å². The van der Waals surface area contributed by atoms with E-state index in [9.17, 15) is 8.42 Å². The van der Waals surface area contributed by atoms with Gasteiger partial charge in [-0.2, -0.15) is 0 Å². The number of nitrogens with one attached hydrogen (secondary N) is 1. The largest absolute Gasteiger partial charge is 0.372 e. The molecule has 1 fully saturated rings. The van der Waals surface area contributed by atoms with Crippen molar-refractivity contribution < 1.29 is 13.2 Å². The van der Waals surface area contributed by atoms with Crippen LogP contribution in [0.5, 0.6) is 0 Å². The molecule has 1 heterocycles. The quantitative estimate of drug-likeness (QED) is 0.706. The molecule has 1 saturated heterocycles. The lowest BCUT2D eigenvalue weighted by molar-refractivity contribution is 0.0280. The predicted molar refractivity (Wildman–Crippen MR) is 78.2 cm³/mol. The van der Waals surface area contributed by atoms with Crippen LogP contribution >= 0.6 is 0 Å². The molecule has 5 nitrogen and oxygen atoms in total. The maximum Gasteiger partial charge on any atom is 0.148 e. The molecule has 0 amide bonds. The zero-order chi connectivity index (χ0) is 14.5. The Morgan fingerprint density at radius 1 is 1.32 bits per heavy atom. The smallest absolute Gasteiger partial charge is 0.148 e. The zero-order valence-corrected chi connectivity index (χ0v) is 13.4. The van der Waals surface area contributed by atoms with E-state index < -0.39 is 9.84 Å². The van der Waals surface area contributed by atoms with Gasteiger partial charge < -0.3 is 15.0 Å². The molecule has 0 spiro atoms. The molecule has 1 rings (SSSR count). The van der Waals surface area contributed by atoms with E-state index in [0.29, 0.717) is 18.7 Å². The highest BCUT2D eigenvalue weighted by atomic mass is 32.2. The van der Waals surface area contributed by atoms with Gasteiger partial charge in [-0.05, 0) is 19.9 Å². The fraction of sp³-hybridized carbons (Fsp3) is 1.00. The first-order valence-corrected chi connectivity index (χ1v) is 9.07. The van der Waals surface area contributed by atoms with Crippen LogP contribution in [0.15, 0.2) is 0 Å². The third kappa shape index (κ3) is 7.87. The van der Waals surface area contributed by atoms with Crippen LogP contribution in [0.4, 0.5) is 0 Å². The van der Waals surface area contributed by atoms with Gasteiger partial charge in [0.15, 0.2) is 0 Å². The molecule has 0 radical (unpaired) electrons. The van der Waals surface area contributed by atoms with Gasteiger partial charge in [-0.25, -0.2) is 8.42 Å². The molecule has 6 heteroatoms. The molecule has 0 aromatic rings. The summed E-state index contributed by atoms with van der Waals surface area (Å²) in [5.74, 6) is 0.217. The number of nitrogens with zero attached hydrogens (tertiary/aromatic N) is 1.